The molecular weight excluding hydrogens is 720 g/mol. The van der Waals surface area contributed by atoms with Crippen molar-refractivity contribution < 1.29 is 48.0 Å². The fraction of sp³-hybridized carbons (Fsp3) is 0.300. The molecule has 1 N–H and O–H groups in total. The molecule has 4 aromatic rings. The molecule has 0 fully saturated rings. The maximum atomic E-state index is 11.7. The van der Waals surface area contributed by atoms with Gasteiger partial charge in [-0.05, 0) is 111 Å². The zero-order valence-corrected chi connectivity index (χ0v) is 30.5. The molecule has 0 unspecified atom stereocenters. The molecule has 0 aliphatic carbocycles. The number of aromatic hydroxyl groups is 1. The van der Waals surface area contributed by atoms with E-state index in [0.29, 0.717) is 62.6 Å². The minimum atomic E-state index is -0.256. The Morgan fingerprint density at radius 1 is 0.588 bits per heavy atom. The van der Waals surface area contributed by atoms with E-state index in [1.807, 2.05) is 62.4 Å². The Hall–Kier alpha value is -5.16. The number of aldehydes is 2. The average Bonchev–Trinajstić information content (AvgIpc) is 3.16. The summed E-state index contributed by atoms with van der Waals surface area (Å²) in [7, 11) is 0. The van der Waals surface area contributed by atoms with Crippen LogP contribution in [-0.4, -0.2) is 54.8 Å². The molecule has 0 spiro atoms. The van der Waals surface area contributed by atoms with Crippen molar-refractivity contribution in [1.29, 1.82) is 0 Å². The molecule has 51 heavy (non-hydrogen) atoms. The van der Waals surface area contributed by atoms with Gasteiger partial charge < -0.3 is 28.8 Å². The third-order valence-electron chi connectivity index (χ3n) is 6.62. The summed E-state index contributed by atoms with van der Waals surface area (Å²) in [5.74, 6) is 2.08. The summed E-state index contributed by atoms with van der Waals surface area (Å²) >= 11 is 3.27. The topological polar surface area (TPSA) is 135 Å². The first kappa shape index (κ1) is 42.0. The highest BCUT2D eigenvalue weighted by Crippen LogP contribution is 2.15. The SMILES string of the molecule is CCOc1ccc(COC(=O)CCCBr)cc1.CCOc1ccc(COC(=O)CCCOc2ccc(C=O)cc2)cc1.O=Cc1ccc(O)cc1. The summed E-state index contributed by atoms with van der Waals surface area (Å²) in [6.07, 6.45) is 3.65. The number of hydrogen-bond donors (Lipinski definition) is 1. The Bertz CT molecular complexity index is 1560. The summed E-state index contributed by atoms with van der Waals surface area (Å²) in [6, 6.07) is 27.9. The van der Waals surface area contributed by atoms with Crippen LogP contribution in [0.1, 0.15) is 71.4 Å². The second-order valence-electron chi connectivity index (χ2n) is 10.6. The lowest BCUT2D eigenvalue weighted by Gasteiger charge is -2.08. The fourth-order valence-corrected chi connectivity index (χ4v) is 4.26. The van der Waals surface area contributed by atoms with Gasteiger partial charge >= 0.3 is 11.9 Å². The van der Waals surface area contributed by atoms with Crippen molar-refractivity contribution in [2.45, 2.75) is 52.7 Å². The highest BCUT2D eigenvalue weighted by Gasteiger charge is 2.05. The number of esters is 2. The number of phenols is 1. The number of carbonyl (C=O) groups is 4. The van der Waals surface area contributed by atoms with Gasteiger partial charge in [0, 0.05) is 29.3 Å². The van der Waals surface area contributed by atoms with Gasteiger partial charge in [0.25, 0.3) is 0 Å². The van der Waals surface area contributed by atoms with E-state index in [4.69, 9.17) is 28.8 Å². The Kier molecular flexibility index (Phi) is 21.2. The molecule has 0 atom stereocenters. The average molecular weight is 766 g/mol. The third kappa shape index (κ3) is 19.0. The molecule has 4 rings (SSSR count). The van der Waals surface area contributed by atoms with Crippen LogP contribution < -0.4 is 14.2 Å². The molecule has 0 radical (unpaired) electrons. The Morgan fingerprint density at radius 2 is 0.980 bits per heavy atom. The molecule has 10 nitrogen and oxygen atoms in total. The second kappa shape index (κ2) is 25.8. The number of halogens is 1. The first-order chi connectivity index (χ1) is 24.8. The van der Waals surface area contributed by atoms with E-state index in [1.165, 1.54) is 12.1 Å². The van der Waals surface area contributed by atoms with E-state index in [9.17, 15) is 19.2 Å². The monoisotopic (exact) mass is 764 g/mol. The van der Waals surface area contributed by atoms with Crippen LogP contribution in [0, 0.1) is 0 Å². The predicted molar refractivity (Wildman–Crippen MR) is 198 cm³/mol. The summed E-state index contributed by atoms with van der Waals surface area (Å²) < 4.78 is 26.6. The van der Waals surface area contributed by atoms with Crippen LogP contribution in [0.4, 0.5) is 0 Å². The zero-order valence-electron chi connectivity index (χ0n) is 29.0. The molecule has 0 aromatic heterocycles. The number of ether oxygens (including phenoxy) is 5. The summed E-state index contributed by atoms with van der Waals surface area (Å²) in [5.41, 5.74) is 3.07. The number of rotatable bonds is 18. The first-order valence-electron chi connectivity index (χ1n) is 16.5. The lowest BCUT2D eigenvalue weighted by Crippen LogP contribution is -2.07. The largest absolute Gasteiger partial charge is 0.508 e. The van der Waals surface area contributed by atoms with Crippen molar-refractivity contribution in [3.63, 3.8) is 0 Å². The van der Waals surface area contributed by atoms with Gasteiger partial charge in [0.1, 0.15) is 48.8 Å². The molecule has 0 amide bonds. The molecular formula is C40H45BrO10. The molecule has 0 aliphatic rings. The van der Waals surface area contributed by atoms with Gasteiger partial charge in [-0.2, -0.15) is 0 Å². The van der Waals surface area contributed by atoms with Crippen LogP contribution >= 0.6 is 15.9 Å². The molecule has 0 aliphatic heterocycles. The molecule has 4 aromatic carbocycles. The fourth-order valence-electron chi connectivity index (χ4n) is 3.98. The Labute approximate surface area is 307 Å². The van der Waals surface area contributed by atoms with Crippen molar-refractivity contribution in [1.82, 2.24) is 0 Å². The number of benzene rings is 4. The number of hydrogen-bond acceptors (Lipinski definition) is 10. The van der Waals surface area contributed by atoms with Gasteiger partial charge in [-0.25, -0.2) is 0 Å². The van der Waals surface area contributed by atoms with Crippen molar-refractivity contribution in [3.05, 3.63) is 119 Å². The number of alkyl halides is 1. The quantitative estimate of drug-likeness (QED) is 0.0456. The highest BCUT2D eigenvalue weighted by atomic mass is 79.9. The van der Waals surface area contributed by atoms with Gasteiger partial charge in [-0.3, -0.25) is 19.2 Å². The second-order valence-corrected chi connectivity index (χ2v) is 11.4. The number of phenolic OH excluding ortho intramolecular Hbond substituents is 1. The van der Waals surface area contributed by atoms with Crippen molar-refractivity contribution in [2.24, 2.45) is 0 Å². The zero-order chi connectivity index (χ0) is 37.1. The van der Waals surface area contributed by atoms with Crippen LogP contribution in [0.5, 0.6) is 23.0 Å². The van der Waals surface area contributed by atoms with Crippen molar-refractivity contribution in [3.8, 4) is 23.0 Å². The molecule has 0 saturated heterocycles. The van der Waals surface area contributed by atoms with Crippen molar-refractivity contribution in [2.75, 3.05) is 25.2 Å². The summed E-state index contributed by atoms with van der Waals surface area (Å²) in [5, 5.41) is 9.56. The molecule has 0 heterocycles. The highest BCUT2D eigenvalue weighted by molar-refractivity contribution is 9.09. The van der Waals surface area contributed by atoms with Crippen LogP contribution in [0.2, 0.25) is 0 Å². The minimum absolute atomic E-state index is 0.154. The summed E-state index contributed by atoms with van der Waals surface area (Å²) in [4.78, 5) is 43.6. The molecule has 0 saturated carbocycles. The maximum Gasteiger partial charge on any atom is 0.306 e. The maximum absolute atomic E-state index is 11.7. The molecule has 272 valence electrons. The Morgan fingerprint density at radius 3 is 1.39 bits per heavy atom. The number of carbonyl (C=O) groups excluding carboxylic acids is 4. The van der Waals surface area contributed by atoms with Gasteiger partial charge in [-0.1, -0.05) is 40.2 Å². The lowest BCUT2D eigenvalue weighted by atomic mass is 10.2. The van der Waals surface area contributed by atoms with Crippen LogP contribution in [0.15, 0.2) is 97.1 Å². The van der Waals surface area contributed by atoms with Gasteiger partial charge in [0.05, 0.1) is 19.8 Å². The normalized spacial score (nSPS) is 9.86. The third-order valence-corrected chi connectivity index (χ3v) is 7.18. The van der Waals surface area contributed by atoms with Crippen LogP contribution in [0.3, 0.4) is 0 Å². The van der Waals surface area contributed by atoms with Gasteiger partial charge in [0.2, 0.25) is 0 Å². The van der Waals surface area contributed by atoms with Crippen molar-refractivity contribution >= 4 is 40.4 Å². The molecule has 0 bridgehead atoms. The van der Waals surface area contributed by atoms with E-state index in [1.54, 1.807) is 36.4 Å². The molecule has 11 heteroatoms. The van der Waals surface area contributed by atoms with E-state index < -0.39 is 0 Å². The summed E-state index contributed by atoms with van der Waals surface area (Å²) in [6.45, 7) is 6.14. The van der Waals surface area contributed by atoms with Gasteiger partial charge in [-0.15, -0.1) is 0 Å². The minimum Gasteiger partial charge on any atom is -0.508 e. The van der Waals surface area contributed by atoms with E-state index >= 15 is 0 Å². The Balaban J connectivity index is 0.000000297. The lowest BCUT2D eigenvalue weighted by molar-refractivity contribution is -0.146. The van der Waals surface area contributed by atoms with Crippen LogP contribution in [-0.2, 0) is 32.3 Å². The van der Waals surface area contributed by atoms with E-state index in [0.717, 1.165) is 46.9 Å². The predicted octanol–water partition coefficient (Wildman–Crippen LogP) is 8.31. The van der Waals surface area contributed by atoms with E-state index in [-0.39, 0.29) is 24.3 Å². The standard InChI is InChI=1S/C20H22O5.C13H17BrO3.C7H6O2/c1-2-23-18-11-7-17(8-12-18)15-25-20(22)4-3-13-24-19-9-5-16(14-21)6-10-19;1-2-16-12-7-5-11(6-8-12)10-17-13(15)4-3-9-14;8-5-6-1-3-7(9)4-2-6/h5-12,14H,2-4,13,15H2,1H3;5-8H,2-4,9-10H2,1H3;1-5,9H. The van der Waals surface area contributed by atoms with Gasteiger partial charge in [0.15, 0.2) is 0 Å². The van der Waals surface area contributed by atoms with E-state index in [2.05, 4.69) is 15.9 Å². The smallest absolute Gasteiger partial charge is 0.306 e. The first-order valence-corrected chi connectivity index (χ1v) is 17.6. The van der Waals surface area contributed by atoms with Crippen LogP contribution in [0.25, 0.3) is 0 Å².